The summed E-state index contributed by atoms with van der Waals surface area (Å²) >= 11 is 0. The van der Waals surface area contributed by atoms with E-state index in [1.54, 1.807) is 0 Å². The van der Waals surface area contributed by atoms with Crippen LogP contribution in [0.4, 0.5) is 11.8 Å². The lowest BCUT2D eigenvalue weighted by molar-refractivity contribution is -0.139. The zero-order chi connectivity index (χ0) is 18.3. The molecule has 0 bridgehead atoms. The van der Waals surface area contributed by atoms with Crippen LogP contribution < -0.4 is 15.1 Å². The lowest BCUT2D eigenvalue weighted by atomic mass is 9.76. The van der Waals surface area contributed by atoms with E-state index in [2.05, 4.69) is 10.2 Å². The maximum atomic E-state index is 11.3. The highest BCUT2D eigenvalue weighted by Gasteiger charge is 2.44. The van der Waals surface area contributed by atoms with E-state index in [-0.39, 0.29) is 11.5 Å². The minimum Gasteiger partial charge on any atom is -0.480 e. The lowest BCUT2D eigenvalue weighted by Gasteiger charge is -2.40. The number of hydrogen-bond donors (Lipinski definition) is 2. The van der Waals surface area contributed by atoms with E-state index in [4.69, 9.17) is 9.97 Å². The second kappa shape index (κ2) is 6.68. The Kier molecular flexibility index (Phi) is 4.50. The molecule has 0 aromatic carbocycles. The number of nitrogens with zero attached hydrogens (tertiary/aromatic N) is 4. The number of aryl methyl sites for hydroxylation is 1. The topological polar surface area (TPSA) is 81.6 Å². The van der Waals surface area contributed by atoms with E-state index in [0.717, 1.165) is 63.5 Å². The smallest absolute Gasteiger partial charge is 0.320 e. The van der Waals surface area contributed by atoms with Crippen LogP contribution in [0.5, 0.6) is 0 Å². The third kappa shape index (κ3) is 3.13. The molecule has 1 spiro atoms. The first-order valence-corrected chi connectivity index (χ1v) is 9.76. The van der Waals surface area contributed by atoms with Crippen molar-refractivity contribution >= 4 is 17.7 Å². The van der Waals surface area contributed by atoms with Gasteiger partial charge in [0.1, 0.15) is 11.9 Å². The van der Waals surface area contributed by atoms with Crippen LogP contribution >= 0.6 is 0 Å². The van der Waals surface area contributed by atoms with Gasteiger partial charge in [0.25, 0.3) is 0 Å². The van der Waals surface area contributed by atoms with Crippen LogP contribution in [0.2, 0.25) is 0 Å². The molecule has 0 saturated carbocycles. The Labute approximate surface area is 154 Å². The summed E-state index contributed by atoms with van der Waals surface area (Å²) in [5.41, 5.74) is 2.70. The van der Waals surface area contributed by atoms with Crippen LogP contribution in [-0.4, -0.2) is 60.8 Å². The number of nitrogens with one attached hydrogen (secondary N) is 1. The number of hydrogen-bond acceptors (Lipinski definition) is 6. The fraction of sp³-hybridized carbons (Fsp3) is 0.737. The van der Waals surface area contributed by atoms with E-state index in [0.29, 0.717) is 0 Å². The molecule has 4 rings (SSSR count). The van der Waals surface area contributed by atoms with E-state index in [1.165, 1.54) is 24.1 Å². The summed E-state index contributed by atoms with van der Waals surface area (Å²) in [5, 5.41) is 12.5. The van der Waals surface area contributed by atoms with Crippen molar-refractivity contribution in [3.05, 3.63) is 11.3 Å². The Morgan fingerprint density at radius 1 is 1.23 bits per heavy atom. The molecule has 7 heteroatoms. The number of carbonyl (C=O) groups is 1. The van der Waals surface area contributed by atoms with E-state index in [9.17, 15) is 9.90 Å². The average Bonchev–Trinajstić information content (AvgIpc) is 3.05. The van der Waals surface area contributed by atoms with Gasteiger partial charge in [-0.2, -0.15) is 4.98 Å². The number of aliphatic carboxylic acids is 1. The van der Waals surface area contributed by atoms with Gasteiger partial charge in [-0.3, -0.25) is 4.79 Å². The predicted octanol–water partition coefficient (Wildman–Crippen LogP) is 1.45. The number of anilines is 2. The van der Waals surface area contributed by atoms with Gasteiger partial charge in [-0.05, 0) is 50.4 Å². The Morgan fingerprint density at radius 2 is 1.96 bits per heavy atom. The standard InChI is InChI=1S/C19H29N5O2/c1-23(2)18-21-14-6-4-3-5-13(14)16(22-18)24-9-7-19(8-10-24)11-15(17(25)26)20-12-19/h15,20H,3-12H2,1-2H3,(H,25,26)/t15-/m0/s1. The van der Waals surface area contributed by atoms with Gasteiger partial charge < -0.3 is 20.2 Å². The number of aromatic nitrogens is 2. The third-order valence-corrected chi connectivity index (χ3v) is 6.33. The second-order valence-corrected chi connectivity index (χ2v) is 8.34. The molecule has 3 heterocycles. The minimum absolute atomic E-state index is 0.136. The summed E-state index contributed by atoms with van der Waals surface area (Å²) in [5.74, 6) is 1.20. The zero-order valence-electron chi connectivity index (χ0n) is 15.8. The van der Waals surface area contributed by atoms with Crippen molar-refractivity contribution in [2.45, 2.75) is 51.0 Å². The number of rotatable bonds is 3. The molecule has 7 nitrogen and oxygen atoms in total. The molecule has 1 aromatic heterocycles. The monoisotopic (exact) mass is 359 g/mol. The molecular formula is C19H29N5O2. The second-order valence-electron chi connectivity index (χ2n) is 8.34. The van der Waals surface area contributed by atoms with Crippen molar-refractivity contribution in [3.8, 4) is 0 Å². The van der Waals surface area contributed by atoms with Crippen molar-refractivity contribution in [3.63, 3.8) is 0 Å². The van der Waals surface area contributed by atoms with Crippen molar-refractivity contribution in [2.24, 2.45) is 5.41 Å². The van der Waals surface area contributed by atoms with Gasteiger partial charge in [0.2, 0.25) is 5.95 Å². The third-order valence-electron chi connectivity index (χ3n) is 6.33. The van der Waals surface area contributed by atoms with Gasteiger partial charge >= 0.3 is 5.97 Å². The van der Waals surface area contributed by atoms with Crippen LogP contribution in [0.25, 0.3) is 0 Å². The van der Waals surface area contributed by atoms with Gasteiger partial charge in [0.15, 0.2) is 0 Å². The highest BCUT2D eigenvalue weighted by atomic mass is 16.4. The first-order chi connectivity index (χ1) is 12.5. The molecular weight excluding hydrogens is 330 g/mol. The lowest BCUT2D eigenvalue weighted by Crippen LogP contribution is -2.42. The molecule has 2 N–H and O–H groups in total. The van der Waals surface area contributed by atoms with E-state index in [1.807, 2.05) is 19.0 Å². The molecule has 2 fully saturated rings. The fourth-order valence-electron chi connectivity index (χ4n) is 4.69. The number of carboxylic acids is 1. The SMILES string of the molecule is CN(C)c1nc2c(c(N3CCC4(CC3)CN[C@H](C(=O)O)C4)n1)CCCC2. The highest BCUT2D eigenvalue weighted by molar-refractivity contribution is 5.74. The first kappa shape index (κ1) is 17.5. The number of piperidine rings is 1. The van der Waals surface area contributed by atoms with E-state index < -0.39 is 5.97 Å². The van der Waals surface area contributed by atoms with Crippen LogP contribution in [-0.2, 0) is 17.6 Å². The molecule has 1 aliphatic carbocycles. The van der Waals surface area contributed by atoms with Crippen molar-refractivity contribution < 1.29 is 9.90 Å². The molecule has 2 saturated heterocycles. The van der Waals surface area contributed by atoms with Crippen LogP contribution in [0.3, 0.4) is 0 Å². The molecule has 2 aliphatic heterocycles. The summed E-state index contributed by atoms with van der Waals surface area (Å²) in [6.07, 6.45) is 7.35. The fourth-order valence-corrected chi connectivity index (χ4v) is 4.69. The largest absolute Gasteiger partial charge is 0.480 e. The van der Waals surface area contributed by atoms with Gasteiger partial charge in [-0.15, -0.1) is 0 Å². The maximum Gasteiger partial charge on any atom is 0.320 e. The van der Waals surface area contributed by atoms with Gasteiger partial charge in [0.05, 0.1) is 5.69 Å². The summed E-state index contributed by atoms with van der Waals surface area (Å²) in [7, 11) is 3.99. The van der Waals surface area contributed by atoms with Crippen molar-refractivity contribution in [2.75, 3.05) is 43.5 Å². The Balaban J connectivity index is 1.54. The van der Waals surface area contributed by atoms with Crippen LogP contribution in [0.1, 0.15) is 43.4 Å². The number of fused-ring (bicyclic) bond motifs is 1. The summed E-state index contributed by atoms with van der Waals surface area (Å²) in [4.78, 5) is 25.4. The molecule has 0 radical (unpaired) electrons. The van der Waals surface area contributed by atoms with E-state index >= 15 is 0 Å². The zero-order valence-corrected chi connectivity index (χ0v) is 15.8. The summed E-state index contributed by atoms with van der Waals surface area (Å²) in [6.45, 7) is 2.72. The Morgan fingerprint density at radius 3 is 2.62 bits per heavy atom. The average molecular weight is 359 g/mol. The summed E-state index contributed by atoms with van der Waals surface area (Å²) in [6, 6.07) is -0.381. The van der Waals surface area contributed by atoms with Crippen molar-refractivity contribution in [1.82, 2.24) is 15.3 Å². The Hall–Kier alpha value is -1.89. The highest BCUT2D eigenvalue weighted by Crippen LogP contribution is 2.41. The molecule has 0 unspecified atom stereocenters. The van der Waals surface area contributed by atoms with Crippen molar-refractivity contribution in [1.29, 1.82) is 0 Å². The normalized spacial score (nSPS) is 24.5. The quantitative estimate of drug-likeness (QED) is 0.845. The maximum absolute atomic E-state index is 11.3. The molecule has 0 amide bonds. The van der Waals surface area contributed by atoms with Crippen LogP contribution in [0.15, 0.2) is 0 Å². The predicted molar refractivity (Wildman–Crippen MR) is 101 cm³/mol. The van der Waals surface area contributed by atoms with Crippen LogP contribution in [0, 0.1) is 5.41 Å². The molecule has 3 aliphatic rings. The molecule has 1 aromatic rings. The summed E-state index contributed by atoms with van der Waals surface area (Å²) < 4.78 is 0. The van der Waals surface area contributed by atoms with Gasteiger partial charge in [0, 0.05) is 39.3 Å². The minimum atomic E-state index is -0.718. The Bertz CT molecular complexity index is 697. The number of carboxylic acid groups (broad SMARTS) is 1. The van der Waals surface area contributed by atoms with Gasteiger partial charge in [-0.25, -0.2) is 4.98 Å². The molecule has 1 atom stereocenters. The van der Waals surface area contributed by atoms with Gasteiger partial charge in [-0.1, -0.05) is 0 Å². The molecule has 26 heavy (non-hydrogen) atoms. The molecule has 142 valence electrons. The first-order valence-electron chi connectivity index (χ1n) is 9.76.